The van der Waals surface area contributed by atoms with Crippen LogP contribution in [-0.2, 0) is 15.0 Å². The Morgan fingerprint density at radius 1 is 1.11 bits per heavy atom. The Kier molecular flexibility index (Phi) is 7.52. The molecule has 2 heterocycles. The summed E-state index contributed by atoms with van der Waals surface area (Å²) in [6.07, 6.45) is 7.81. The minimum absolute atomic E-state index is 0.0393. The molecular formula is C25H27N3O6S. The molecule has 1 aromatic heterocycles. The van der Waals surface area contributed by atoms with Gasteiger partial charge in [-0.05, 0) is 42.2 Å². The fourth-order valence-electron chi connectivity index (χ4n) is 3.76. The number of carbonyl (C=O) groups excluding carboxylic acids is 1. The van der Waals surface area contributed by atoms with Crippen LogP contribution in [0.4, 0.5) is 0 Å². The van der Waals surface area contributed by atoms with Crippen molar-refractivity contribution in [3.8, 4) is 17.5 Å². The third-order valence-electron chi connectivity index (χ3n) is 5.54. The number of amides is 1. The summed E-state index contributed by atoms with van der Waals surface area (Å²) in [6.45, 7) is 4.17. The first-order valence-electron chi connectivity index (χ1n) is 11.1. The summed E-state index contributed by atoms with van der Waals surface area (Å²) in [6, 6.07) is 11.8. The Balaban J connectivity index is 1.36. The van der Waals surface area contributed by atoms with Gasteiger partial charge in [0.2, 0.25) is 17.7 Å². The largest absolute Gasteiger partial charge is 0.490 e. The van der Waals surface area contributed by atoms with Gasteiger partial charge in [-0.3, -0.25) is 4.79 Å². The van der Waals surface area contributed by atoms with Crippen LogP contribution in [0.5, 0.6) is 17.5 Å². The summed E-state index contributed by atoms with van der Waals surface area (Å²) < 4.78 is 45.1. The third-order valence-corrected chi connectivity index (χ3v) is 6.63. The molecule has 1 fully saturated rings. The van der Waals surface area contributed by atoms with E-state index in [0.29, 0.717) is 41.7 Å². The van der Waals surface area contributed by atoms with E-state index in [2.05, 4.69) is 16.3 Å². The minimum Gasteiger partial charge on any atom is -0.490 e. The Labute approximate surface area is 204 Å². The molecule has 4 rings (SSSR count). The van der Waals surface area contributed by atoms with E-state index >= 15 is 0 Å². The molecule has 0 saturated carbocycles. The lowest BCUT2D eigenvalue weighted by atomic mass is 10.0. The van der Waals surface area contributed by atoms with Gasteiger partial charge in [-0.15, -0.1) is 0 Å². The minimum atomic E-state index is -3.83. The van der Waals surface area contributed by atoms with E-state index in [-0.39, 0.29) is 12.5 Å². The first-order chi connectivity index (χ1) is 16.8. The summed E-state index contributed by atoms with van der Waals surface area (Å²) in [5, 5.41) is 0. The Hall–Kier alpha value is -3.63. The number of carbonyl (C=O) groups is 1. The van der Waals surface area contributed by atoms with Gasteiger partial charge in [0, 0.05) is 25.0 Å². The summed E-state index contributed by atoms with van der Waals surface area (Å²) in [5.41, 5.74) is 1.52. The molecule has 1 aliphatic heterocycles. The van der Waals surface area contributed by atoms with Crippen molar-refractivity contribution in [3.05, 3.63) is 84.2 Å². The van der Waals surface area contributed by atoms with Crippen molar-refractivity contribution >= 4 is 16.1 Å². The Bertz CT molecular complexity index is 1250. The normalized spacial score (nSPS) is 24.5. The summed E-state index contributed by atoms with van der Waals surface area (Å²) in [5.74, 6) is 1.65. The zero-order valence-corrected chi connectivity index (χ0v) is 20.1. The molecule has 0 radical (unpaired) electrons. The molecule has 1 saturated heterocycles. The zero-order valence-electron chi connectivity index (χ0n) is 19.3. The second-order valence-electron chi connectivity index (χ2n) is 8.17. The van der Waals surface area contributed by atoms with Crippen LogP contribution in [0.15, 0.2) is 78.6 Å². The van der Waals surface area contributed by atoms with Crippen molar-refractivity contribution in [1.82, 2.24) is 14.4 Å². The van der Waals surface area contributed by atoms with Gasteiger partial charge in [-0.1, -0.05) is 36.9 Å². The van der Waals surface area contributed by atoms with Crippen LogP contribution in [-0.4, -0.2) is 32.5 Å². The summed E-state index contributed by atoms with van der Waals surface area (Å²) in [4.78, 5) is 16.0. The molecule has 2 aliphatic rings. The molecule has 9 nitrogen and oxygen atoms in total. The first kappa shape index (κ1) is 24.5. The number of benzene rings is 1. The van der Waals surface area contributed by atoms with Gasteiger partial charge in [-0.25, -0.2) is 4.72 Å². The van der Waals surface area contributed by atoms with E-state index in [1.807, 2.05) is 29.0 Å². The smallest absolute Gasteiger partial charge is 0.301 e. The maximum Gasteiger partial charge on any atom is 0.301 e. The molecule has 2 atom stereocenters. The molecule has 184 valence electrons. The highest BCUT2D eigenvalue weighted by Crippen LogP contribution is 2.27. The van der Waals surface area contributed by atoms with Crippen LogP contribution in [0.2, 0.25) is 0 Å². The highest BCUT2D eigenvalue weighted by Gasteiger charge is 2.29. The first-order valence-corrected chi connectivity index (χ1v) is 12.6. The lowest BCUT2D eigenvalue weighted by Gasteiger charge is -2.24. The number of nitrogens with one attached hydrogen (secondary N) is 2. The lowest BCUT2D eigenvalue weighted by Crippen LogP contribution is -2.48. The van der Waals surface area contributed by atoms with Crippen molar-refractivity contribution in [1.29, 1.82) is 0 Å². The number of hydrogen-bond donors (Lipinski definition) is 2. The Morgan fingerprint density at radius 2 is 1.89 bits per heavy atom. The van der Waals surface area contributed by atoms with E-state index < -0.39 is 22.2 Å². The highest BCUT2D eigenvalue weighted by molar-refractivity contribution is 7.88. The second kappa shape index (κ2) is 10.7. The molecule has 2 aromatic rings. The fourth-order valence-corrected chi connectivity index (χ4v) is 4.80. The quantitative estimate of drug-likeness (QED) is 0.628. The standard InChI is InChI=1S/C25H27N3O6S/c1-17-10-13-19(6-3-4-7-22(17)34-25-9-5-8-24(26-25)32-2)33-20-14-11-18(12-15-20)21-16-23(29)28-35(30,31)27-21/h3-5,7-9,11-12,14-15,19,21,27H,1,6,10,13,16H2,2H3,(H,28,29)/b4-3-,22-7+/t19-,21?/m0/s1. The van der Waals surface area contributed by atoms with Crippen LogP contribution in [0.25, 0.3) is 0 Å². The van der Waals surface area contributed by atoms with Crippen molar-refractivity contribution < 1.29 is 27.4 Å². The maximum atomic E-state index is 11.7. The van der Waals surface area contributed by atoms with Gasteiger partial charge < -0.3 is 14.2 Å². The van der Waals surface area contributed by atoms with Gasteiger partial charge in [0.1, 0.15) is 17.6 Å². The van der Waals surface area contributed by atoms with Crippen LogP contribution < -0.4 is 23.7 Å². The van der Waals surface area contributed by atoms with Crippen molar-refractivity contribution in [2.75, 3.05) is 7.11 Å². The molecule has 0 bridgehead atoms. The van der Waals surface area contributed by atoms with E-state index in [4.69, 9.17) is 14.2 Å². The van der Waals surface area contributed by atoms with Crippen molar-refractivity contribution in [3.63, 3.8) is 0 Å². The van der Waals surface area contributed by atoms with Crippen molar-refractivity contribution in [2.24, 2.45) is 0 Å². The number of methoxy groups -OCH3 is 1. The second-order valence-corrected chi connectivity index (χ2v) is 9.62. The van der Waals surface area contributed by atoms with Crippen molar-refractivity contribution in [2.45, 2.75) is 37.8 Å². The molecule has 1 unspecified atom stereocenters. The average Bonchev–Trinajstić information content (AvgIpc) is 2.90. The van der Waals surface area contributed by atoms with Gasteiger partial charge in [0.25, 0.3) is 0 Å². The molecule has 1 aromatic carbocycles. The molecule has 35 heavy (non-hydrogen) atoms. The van der Waals surface area contributed by atoms with E-state index in [9.17, 15) is 13.2 Å². The fraction of sp³-hybridized carbons (Fsp3) is 0.280. The predicted octanol–water partition coefficient (Wildman–Crippen LogP) is 3.49. The van der Waals surface area contributed by atoms with Crippen LogP contribution in [0.3, 0.4) is 0 Å². The van der Waals surface area contributed by atoms with E-state index in [1.165, 1.54) is 0 Å². The Morgan fingerprint density at radius 3 is 2.63 bits per heavy atom. The number of nitrogens with zero attached hydrogens (tertiary/aromatic N) is 1. The zero-order chi connectivity index (χ0) is 24.8. The van der Waals surface area contributed by atoms with Gasteiger partial charge in [0.15, 0.2) is 0 Å². The van der Waals surface area contributed by atoms with Crippen LogP contribution >= 0.6 is 0 Å². The molecule has 1 aliphatic carbocycles. The number of hydrogen-bond acceptors (Lipinski definition) is 7. The molecule has 2 N–H and O–H groups in total. The SMILES string of the molecule is C=C1CC[C@@H](Oc2ccc(C3CC(=O)NS(=O)(=O)N3)cc2)C/C=C\C=C/1Oc1cccc(OC)n1. The highest BCUT2D eigenvalue weighted by atomic mass is 32.2. The van der Waals surface area contributed by atoms with Gasteiger partial charge in [0.05, 0.1) is 13.2 Å². The number of rotatable bonds is 6. The molecule has 10 heteroatoms. The number of ether oxygens (including phenoxy) is 3. The van der Waals surface area contributed by atoms with Crippen LogP contribution in [0, 0.1) is 0 Å². The van der Waals surface area contributed by atoms with Gasteiger partial charge >= 0.3 is 10.2 Å². The molecular weight excluding hydrogens is 470 g/mol. The monoisotopic (exact) mass is 497 g/mol. The maximum absolute atomic E-state index is 11.7. The van der Waals surface area contributed by atoms with E-state index in [0.717, 1.165) is 12.0 Å². The average molecular weight is 498 g/mol. The topological polar surface area (TPSA) is 116 Å². The van der Waals surface area contributed by atoms with E-state index in [1.54, 1.807) is 43.5 Å². The number of pyridine rings is 1. The van der Waals surface area contributed by atoms with Crippen LogP contribution in [0.1, 0.15) is 37.3 Å². The lowest BCUT2D eigenvalue weighted by molar-refractivity contribution is -0.120. The summed E-state index contributed by atoms with van der Waals surface area (Å²) >= 11 is 0. The predicted molar refractivity (Wildman–Crippen MR) is 130 cm³/mol. The third kappa shape index (κ3) is 6.71. The number of allylic oxidation sites excluding steroid dienone is 3. The number of aromatic nitrogens is 1. The molecule has 1 amide bonds. The van der Waals surface area contributed by atoms with Gasteiger partial charge in [-0.2, -0.15) is 18.1 Å². The summed E-state index contributed by atoms with van der Waals surface area (Å²) in [7, 11) is -2.28. The molecule has 0 spiro atoms.